The number of carboxylic acid groups (broad SMARTS) is 1. The Labute approximate surface area is 76.1 Å². The van der Waals surface area contributed by atoms with Gasteiger partial charge in [-0.3, -0.25) is 5.32 Å². The Kier molecular flexibility index (Phi) is 3.28. The number of amides is 1. The molecule has 0 spiro atoms. The number of benzene rings is 1. The van der Waals surface area contributed by atoms with Gasteiger partial charge in [-0.25, -0.2) is 4.79 Å². The SMILES string of the molecule is COCc1ccccc1NC(=O)O. The molecule has 0 aliphatic rings. The Bertz CT molecular complexity index is 299. The number of hydrogen-bond donors (Lipinski definition) is 2. The number of methoxy groups -OCH3 is 1. The van der Waals surface area contributed by atoms with Crippen molar-refractivity contribution in [3.63, 3.8) is 0 Å². The molecule has 1 amide bonds. The maximum absolute atomic E-state index is 10.4. The van der Waals surface area contributed by atoms with Gasteiger partial charge >= 0.3 is 6.09 Å². The number of nitrogens with one attached hydrogen (secondary N) is 1. The van der Waals surface area contributed by atoms with E-state index < -0.39 is 6.09 Å². The van der Waals surface area contributed by atoms with Crippen molar-refractivity contribution in [2.75, 3.05) is 12.4 Å². The lowest BCUT2D eigenvalue weighted by Crippen LogP contribution is -2.09. The molecule has 0 atom stereocenters. The Morgan fingerprint density at radius 2 is 2.23 bits per heavy atom. The van der Waals surface area contributed by atoms with Crippen LogP contribution in [0, 0.1) is 0 Å². The first-order chi connectivity index (χ1) is 6.24. The van der Waals surface area contributed by atoms with E-state index in [1.807, 2.05) is 12.1 Å². The van der Waals surface area contributed by atoms with Gasteiger partial charge in [-0.15, -0.1) is 0 Å². The molecule has 1 aromatic carbocycles. The molecule has 0 saturated carbocycles. The number of anilines is 1. The minimum atomic E-state index is -1.07. The summed E-state index contributed by atoms with van der Waals surface area (Å²) in [6.45, 7) is 0.399. The third-order valence-corrected chi connectivity index (χ3v) is 1.56. The second kappa shape index (κ2) is 4.47. The highest BCUT2D eigenvalue weighted by Crippen LogP contribution is 2.15. The molecule has 0 radical (unpaired) electrons. The van der Waals surface area contributed by atoms with Gasteiger partial charge in [-0.1, -0.05) is 18.2 Å². The Hall–Kier alpha value is -1.55. The molecule has 1 aromatic rings. The number of ether oxygens (including phenoxy) is 1. The van der Waals surface area contributed by atoms with Gasteiger partial charge in [0.15, 0.2) is 0 Å². The van der Waals surface area contributed by atoms with Gasteiger partial charge in [0.25, 0.3) is 0 Å². The van der Waals surface area contributed by atoms with Gasteiger partial charge < -0.3 is 9.84 Å². The van der Waals surface area contributed by atoms with Gasteiger partial charge in [0.2, 0.25) is 0 Å². The van der Waals surface area contributed by atoms with Crippen molar-refractivity contribution in [3.8, 4) is 0 Å². The zero-order valence-electron chi connectivity index (χ0n) is 7.28. The Morgan fingerprint density at radius 3 is 2.85 bits per heavy atom. The standard InChI is InChI=1S/C9H11NO3/c1-13-6-7-4-2-3-5-8(7)10-9(11)12/h2-5,10H,6H2,1H3,(H,11,12). The van der Waals surface area contributed by atoms with Crippen molar-refractivity contribution < 1.29 is 14.6 Å². The molecular formula is C9H11NO3. The molecule has 1 rings (SSSR count). The normalized spacial score (nSPS) is 9.62. The van der Waals surface area contributed by atoms with Crippen LogP contribution in [0.1, 0.15) is 5.56 Å². The molecule has 0 aliphatic heterocycles. The van der Waals surface area contributed by atoms with Crippen LogP contribution in [-0.2, 0) is 11.3 Å². The Balaban J connectivity index is 2.84. The molecule has 70 valence electrons. The summed E-state index contributed by atoms with van der Waals surface area (Å²) in [6, 6.07) is 7.11. The summed E-state index contributed by atoms with van der Waals surface area (Å²) in [6.07, 6.45) is -1.07. The maximum atomic E-state index is 10.4. The Morgan fingerprint density at radius 1 is 1.54 bits per heavy atom. The molecule has 13 heavy (non-hydrogen) atoms. The van der Waals surface area contributed by atoms with Crippen LogP contribution in [0.3, 0.4) is 0 Å². The molecule has 4 heteroatoms. The van der Waals surface area contributed by atoms with Crippen LogP contribution >= 0.6 is 0 Å². The monoisotopic (exact) mass is 181 g/mol. The summed E-state index contributed by atoms with van der Waals surface area (Å²) in [4.78, 5) is 10.4. The van der Waals surface area contributed by atoms with Crippen LogP contribution in [0.15, 0.2) is 24.3 Å². The second-order valence-electron chi connectivity index (χ2n) is 2.52. The molecule has 0 aliphatic carbocycles. The first kappa shape index (κ1) is 9.54. The molecule has 2 N–H and O–H groups in total. The van der Waals surface area contributed by atoms with E-state index in [0.717, 1.165) is 5.56 Å². The zero-order chi connectivity index (χ0) is 9.68. The van der Waals surface area contributed by atoms with E-state index in [0.29, 0.717) is 12.3 Å². The third kappa shape index (κ3) is 2.76. The van der Waals surface area contributed by atoms with Crippen molar-refractivity contribution in [1.29, 1.82) is 0 Å². The van der Waals surface area contributed by atoms with Crippen molar-refractivity contribution >= 4 is 11.8 Å². The lowest BCUT2D eigenvalue weighted by atomic mass is 10.2. The highest BCUT2D eigenvalue weighted by Gasteiger charge is 2.03. The first-order valence-electron chi connectivity index (χ1n) is 3.81. The first-order valence-corrected chi connectivity index (χ1v) is 3.81. The number of carbonyl (C=O) groups is 1. The fraction of sp³-hybridized carbons (Fsp3) is 0.222. The van der Waals surface area contributed by atoms with Crippen molar-refractivity contribution in [2.24, 2.45) is 0 Å². The largest absolute Gasteiger partial charge is 0.465 e. The zero-order valence-corrected chi connectivity index (χ0v) is 7.28. The molecule has 4 nitrogen and oxygen atoms in total. The molecule has 0 bridgehead atoms. The predicted octanol–water partition coefficient (Wildman–Crippen LogP) is 1.92. The fourth-order valence-electron chi connectivity index (χ4n) is 1.04. The fourth-order valence-corrected chi connectivity index (χ4v) is 1.04. The smallest absolute Gasteiger partial charge is 0.409 e. The van der Waals surface area contributed by atoms with E-state index in [-0.39, 0.29) is 0 Å². The van der Waals surface area contributed by atoms with Gasteiger partial charge in [-0.05, 0) is 6.07 Å². The van der Waals surface area contributed by atoms with E-state index in [4.69, 9.17) is 9.84 Å². The highest BCUT2D eigenvalue weighted by atomic mass is 16.5. The van der Waals surface area contributed by atoms with Crippen LogP contribution in [0.5, 0.6) is 0 Å². The minimum Gasteiger partial charge on any atom is -0.465 e. The van der Waals surface area contributed by atoms with Gasteiger partial charge in [-0.2, -0.15) is 0 Å². The number of para-hydroxylation sites is 1. The average Bonchev–Trinajstić information content (AvgIpc) is 2.08. The van der Waals surface area contributed by atoms with E-state index >= 15 is 0 Å². The summed E-state index contributed by atoms with van der Waals surface area (Å²) < 4.78 is 4.92. The number of rotatable bonds is 3. The van der Waals surface area contributed by atoms with Crippen LogP contribution < -0.4 is 5.32 Å². The topological polar surface area (TPSA) is 58.6 Å². The summed E-state index contributed by atoms with van der Waals surface area (Å²) in [5, 5.41) is 10.8. The van der Waals surface area contributed by atoms with E-state index in [2.05, 4.69) is 5.32 Å². The van der Waals surface area contributed by atoms with E-state index in [1.165, 1.54) is 0 Å². The minimum absolute atomic E-state index is 0.399. The molecule has 0 aromatic heterocycles. The summed E-state index contributed by atoms with van der Waals surface area (Å²) in [5.74, 6) is 0. The van der Waals surface area contributed by atoms with Crippen LogP contribution in [-0.4, -0.2) is 18.3 Å². The van der Waals surface area contributed by atoms with Crippen LogP contribution in [0.4, 0.5) is 10.5 Å². The highest BCUT2D eigenvalue weighted by molar-refractivity contribution is 5.83. The molecule has 0 heterocycles. The van der Waals surface area contributed by atoms with Gasteiger partial charge in [0, 0.05) is 18.4 Å². The van der Waals surface area contributed by atoms with Crippen molar-refractivity contribution in [2.45, 2.75) is 6.61 Å². The van der Waals surface area contributed by atoms with Gasteiger partial charge in [0.1, 0.15) is 0 Å². The van der Waals surface area contributed by atoms with E-state index in [1.54, 1.807) is 19.2 Å². The average molecular weight is 181 g/mol. The summed E-state index contributed by atoms with van der Waals surface area (Å²) in [7, 11) is 1.57. The van der Waals surface area contributed by atoms with Crippen LogP contribution in [0.2, 0.25) is 0 Å². The summed E-state index contributed by atoms with van der Waals surface area (Å²) >= 11 is 0. The summed E-state index contributed by atoms with van der Waals surface area (Å²) in [5.41, 5.74) is 1.39. The molecular weight excluding hydrogens is 170 g/mol. The lowest BCUT2D eigenvalue weighted by molar-refractivity contribution is 0.185. The third-order valence-electron chi connectivity index (χ3n) is 1.56. The van der Waals surface area contributed by atoms with Gasteiger partial charge in [0.05, 0.1) is 6.61 Å². The molecule has 0 saturated heterocycles. The molecule has 0 unspecified atom stereocenters. The van der Waals surface area contributed by atoms with E-state index in [9.17, 15) is 4.79 Å². The lowest BCUT2D eigenvalue weighted by Gasteiger charge is -2.07. The molecule has 0 fully saturated rings. The second-order valence-corrected chi connectivity index (χ2v) is 2.52. The maximum Gasteiger partial charge on any atom is 0.409 e. The number of hydrogen-bond acceptors (Lipinski definition) is 2. The van der Waals surface area contributed by atoms with Crippen molar-refractivity contribution in [1.82, 2.24) is 0 Å². The quantitative estimate of drug-likeness (QED) is 0.748. The predicted molar refractivity (Wildman–Crippen MR) is 48.8 cm³/mol. The van der Waals surface area contributed by atoms with Crippen molar-refractivity contribution in [3.05, 3.63) is 29.8 Å². The van der Waals surface area contributed by atoms with Crippen LogP contribution in [0.25, 0.3) is 0 Å².